The van der Waals surface area contributed by atoms with Gasteiger partial charge < -0.3 is 5.11 Å². The molecule has 0 radical (unpaired) electrons. The summed E-state index contributed by atoms with van der Waals surface area (Å²) in [5.41, 5.74) is 0.439. The molecular formula is C13H19F3O. The molecule has 0 bridgehead atoms. The number of alkyl halides is 3. The summed E-state index contributed by atoms with van der Waals surface area (Å²) < 4.78 is 38.0. The van der Waals surface area contributed by atoms with Gasteiger partial charge in [0.15, 0.2) is 0 Å². The maximum absolute atomic E-state index is 12.7. The van der Waals surface area contributed by atoms with Gasteiger partial charge in [-0.3, -0.25) is 0 Å². The van der Waals surface area contributed by atoms with Crippen molar-refractivity contribution < 1.29 is 18.3 Å². The van der Waals surface area contributed by atoms with E-state index >= 15 is 0 Å². The normalized spacial score (nSPS) is 31.4. The predicted octanol–water partition coefficient (Wildman–Crippen LogP) is 4.62. The SMILES string of the molecule is C=C(/C(O)=C/C)C1CC(C(F)(F)F)CCC1C. The van der Waals surface area contributed by atoms with Crippen molar-refractivity contribution in [3.63, 3.8) is 0 Å². The topological polar surface area (TPSA) is 20.2 Å². The molecule has 3 unspecified atom stereocenters. The lowest BCUT2D eigenvalue weighted by Gasteiger charge is -2.36. The fourth-order valence-corrected chi connectivity index (χ4v) is 2.48. The molecule has 1 saturated carbocycles. The molecule has 4 heteroatoms. The van der Waals surface area contributed by atoms with E-state index in [0.717, 1.165) is 0 Å². The fraction of sp³-hybridized carbons (Fsp3) is 0.692. The zero-order chi connectivity index (χ0) is 13.2. The molecule has 17 heavy (non-hydrogen) atoms. The highest BCUT2D eigenvalue weighted by molar-refractivity contribution is 5.24. The first-order valence-corrected chi connectivity index (χ1v) is 5.88. The third kappa shape index (κ3) is 3.27. The minimum atomic E-state index is -4.13. The standard InChI is InChI=1S/C13H19F3O/c1-4-12(17)9(3)11-7-10(13(14,15)16)6-5-8(11)2/h4,8,10-11,17H,3,5-7H2,1-2H3/b12-4-. The molecule has 0 aromatic heterocycles. The van der Waals surface area contributed by atoms with Crippen LogP contribution in [0.2, 0.25) is 0 Å². The lowest BCUT2D eigenvalue weighted by Crippen LogP contribution is -2.33. The van der Waals surface area contributed by atoms with Crippen molar-refractivity contribution in [1.29, 1.82) is 0 Å². The molecule has 1 N–H and O–H groups in total. The second-order valence-corrected chi connectivity index (χ2v) is 4.83. The third-order valence-corrected chi connectivity index (χ3v) is 3.71. The van der Waals surface area contributed by atoms with Gasteiger partial charge in [-0.05, 0) is 49.7 Å². The molecule has 0 aromatic carbocycles. The number of halogens is 3. The fourth-order valence-electron chi connectivity index (χ4n) is 2.48. The Labute approximate surface area is 100 Å². The summed E-state index contributed by atoms with van der Waals surface area (Å²) in [5.74, 6) is -1.37. The van der Waals surface area contributed by atoms with Gasteiger partial charge in [-0.1, -0.05) is 13.5 Å². The number of allylic oxidation sites excluding steroid dienone is 2. The van der Waals surface area contributed by atoms with Crippen LogP contribution < -0.4 is 0 Å². The first kappa shape index (κ1) is 14.1. The second-order valence-electron chi connectivity index (χ2n) is 4.83. The van der Waals surface area contributed by atoms with E-state index in [1.54, 1.807) is 6.92 Å². The van der Waals surface area contributed by atoms with Crippen LogP contribution in [0.4, 0.5) is 13.2 Å². The van der Waals surface area contributed by atoms with Crippen LogP contribution in [0, 0.1) is 17.8 Å². The maximum atomic E-state index is 12.7. The number of aliphatic hydroxyl groups is 1. The first-order chi connectivity index (χ1) is 7.77. The molecule has 1 aliphatic carbocycles. The van der Waals surface area contributed by atoms with Crippen LogP contribution >= 0.6 is 0 Å². The van der Waals surface area contributed by atoms with Gasteiger partial charge in [0.25, 0.3) is 0 Å². The average molecular weight is 248 g/mol. The summed E-state index contributed by atoms with van der Waals surface area (Å²) in [7, 11) is 0. The molecule has 98 valence electrons. The van der Waals surface area contributed by atoms with Gasteiger partial charge in [0.05, 0.1) is 5.92 Å². The first-order valence-electron chi connectivity index (χ1n) is 5.88. The van der Waals surface area contributed by atoms with E-state index in [9.17, 15) is 18.3 Å². The van der Waals surface area contributed by atoms with Crippen LogP contribution in [0.25, 0.3) is 0 Å². The van der Waals surface area contributed by atoms with Gasteiger partial charge in [0, 0.05) is 0 Å². The average Bonchev–Trinajstić information content (AvgIpc) is 2.26. The highest BCUT2D eigenvalue weighted by Crippen LogP contribution is 2.45. The number of hydrogen-bond donors (Lipinski definition) is 1. The third-order valence-electron chi connectivity index (χ3n) is 3.71. The van der Waals surface area contributed by atoms with Crippen molar-refractivity contribution in [1.82, 2.24) is 0 Å². The molecule has 0 amide bonds. The Morgan fingerprint density at radius 2 is 1.94 bits per heavy atom. The van der Waals surface area contributed by atoms with Gasteiger partial charge in [0.1, 0.15) is 5.76 Å². The van der Waals surface area contributed by atoms with Gasteiger partial charge in [-0.2, -0.15) is 13.2 Å². The van der Waals surface area contributed by atoms with Crippen LogP contribution in [0.5, 0.6) is 0 Å². The van der Waals surface area contributed by atoms with Gasteiger partial charge in [0.2, 0.25) is 0 Å². The Bertz CT molecular complexity index is 317. The van der Waals surface area contributed by atoms with Gasteiger partial charge in [-0.25, -0.2) is 0 Å². The van der Waals surface area contributed by atoms with E-state index in [1.165, 1.54) is 6.08 Å². The molecule has 1 fully saturated rings. The van der Waals surface area contributed by atoms with Crippen LogP contribution in [0.3, 0.4) is 0 Å². The van der Waals surface area contributed by atoms with E-state index in [-0.39, 0.29) is 30.4 Å². The van der Waals surface area contributed by atoms with E-state index in [4.69, 9.17) is 0 Å². The molecular weight excluding hydrogens is 229 g/mol. The summed E-state index contributed by atoms with van der Waals surface area (Å²) in [4.78, 5) is 0. The Morgan fingerprint density at radius 3 is 2.41 bits per heavy atom. The summed E-state index contributed by atoms with van der Waals surface area (Å²) in [5, 5.41) is 9.57. The predicted molar refractivity (Wildman–Crippen MR) is 61.6 cm³/mol. The molecule has 0 saturated heterocycles. The molecule has 1 aliphatic rings. The van der Waals surface area contributed by atoms with Crippen molar-refractivity contribution >= 4 is 0 Å². The summed E-state index contributed by atoms with van der Waals surface area (Å²) in [6.45, 7) is 7.30. The summed E-state index contributed by atoms with van der Waals surface area (Å²) >= 11 is 0. The Morgan fingerprint density at radius 1 is 1.35 bits per heavy atom. The van der Waals surface area contributed by atoms with Crippen molar-refractivity contribution in [3.05, 3.63) is 24.0 Å². The molecule has 3 atom stereocenters. The minimum Gasteiger partial charge on any atom is -0.508 e. The van der Waals surface area contributed by atoms with Crippen LogP contribution in [0.1, 0.15) is 33.1 Å². The largest absolute Gasteiger partial charge is 0.508 e. The van der Waals surface area contributed by atoms with E-state index in [1.807, 2.05) is 6.92 Å². The molecule has 1 rings (SSSR count). The van der Waals surface area contributed by atoms with Crippen LogP contribution in [0.15, 0.2) is 24.0 Å². The van der Waals surface area contributed by atoms with Crippen molar-refractivity contribution in [2.45, 2.75) is 39.3 Å². The second kappa shape index (κ2) is 5.15. The Kier molecular flexibility index (Phi) is 4.28. The minimum absolute atomic E-state index is 0.0182. The van der Waals surface area contributed by atoms with E-state index in [0.29, 0.717) is 12.0 Å². The Hall–Kier alpha value is -0.930. The zero-order valence-electron chi connectivity index (χ0n) is 10.2. The quantitative estimate of drug-likeness (QED) is 0.558. The molecule has 0 aromatic rings. The van der Waals surface area contributed by atoms with Crippen molar-refractivity contribution in [2.24, 2.45) is 17.8 Å². The number of rotatable bonds is 2. The smallest absolute Gasteiger partial charge is 0.391 e. The summed E-state index contributed by atoms with van der Waals surface area (Å²) in [6.07, 6.45) is -1.90. The van der Waals surface area contributed by atoms with Crippen molar-refractivity contribution in [2.75, 3.05) is 0 Å². The molecule has 0 aliphatic heterocycles. The molecule has 1 nitrogen and oxygen atoms in total. The highest BCUT2D eigenvalue weighted by Gasteiger charge is 2.44. The lowest BCUT2D eigenvalue weighted by atomic mass is 9.71. The Balaban J connectivity index is 2.81. The van der Waals surface area contributed by atoms with Crippen LogP contribution in [-0.4, -0.2) is 11.3 Å². The highest BCUT2D eigenvalue weighted by atomic mass is 19.4. The lowest BCUT2D eigenvalue weighted by molar-refractivity contribution is -0.187. The van der Waals surface area contributed by atoms with Gasteiger partial charge >= 0.3 is 6.18 Å². The molecule has 0 spiro atoms. The summed E-state index contributed by atoms with van der Waals surface area (Å²) in [6, 6.07) is 0. The van der Waals surface area contributed by atoms with Gasteiger partial charge in [-0.15, -0.1) is 0 Å². The number of aliphatic hydroxyl groups excluding tert-OH is 1. The zero-order valence-corrected chi connectivity index (χ0v) is 10.2. The molecule has 0 heterocycles. The van der Waals surface area contributed by atoms with E-state index < -0.39 is 12.1 Å². The van der Waals surface area contributed by atoms with Crippen LogP contribution in [-0.2, 0) is 0 Å². The van der Waals surface area contributed by atoms with E-state index in [2.05, 4.69) is 6.58 Å². The van der Waals surface area contributed by atoms with Crippen molar-refractivity contribution in [3.8, 4) is 0 Å². The maximum Gasteiger partial charge on any atom is 0.391 e. The number of hydrogen-bond acceptors (Lipinski definition) is 1. The monoisotopic (exact) mass is 248 g/mol.